The molecule has 0 aliphatic carbocycles. The van der Waals surface area contributed by atoms with E-state index in [9.17, 15) is 14.9 Å². The minimum atomic E-state index is -0.501. The van der Waals surface area contributed by atoms with Gasteiger partial charge in [0.1, 0.15) is 12.2 Å². The minimum absolute atomic E-state index is 0.108. The molecule has 2 atom stereocenters. The molecule has 0 fully saturated rings. The van der Waals surface area contributed by atoms with Gasteiger partial charge >= 0.3 is 0 Å². The molecular formula is C17H19BrN3O3+. The second-order valence-electron chi connectivity index (χ2n) is 5.63. The molecule has 0 radical (unpaired) electrons. The number of nitro groups is 1. The van der Waals surface area contributed by atoms with Crippen molar-refractivity contribution in [1.82, 2.24) is 0 Å². The number of para-hydroxylation sites is 2. The summed E-state index contributed by atoms with van der Waals surface area (Å²) in [5, 5.41) is 13.7. The van der Waals surface area contributed by atoms with E-state index in [1.54, 1.807) is 19.1 Å². The first-order valence-electron chi connectivity index (χ1n) is 7.49. The Kier molecular flexibility index (Phi) is 6.05. The molecule has 2 N–H and O–H groups in total. The van der Waals surface area contributed by atoms with E-state index in [2.05, 4.69) is 21.2 Å². The number of hydrogen-bond acceptors (Lipinski definition) is 3. The number of carbonyl (C=O) groups excluding carboxylic acids is 1. The number of hydrogen-bond donors (Lipinski definition) is 2. The summed E-state index contributed by atoms with van der Waals surface area (Å²) in [4.78, 5) is 23.9. The summed E-state index contributed by atoms with van der Waals surface area (Å²) in [6.07, 6.45) is 0. The Hall–Kier alpha value is -2.25. The lowest BCUT2D eigenvalue weighted by Crippen LogP contribution is -3.12. The van der Waals surface area contributed by atoms with Crippen molar-refractivity contribution in [3.8, 4) is 0 Å². The molecule has 0 aromatic heterocycles. The lowest BCUT2D eigenvalue weighted by Gasteiger charge is -2.21. The van der Waals surface area contributed by atoms with E-state index in [-0.39, 0.29) is 23.3 Å². The van der Waals surface area contributed by atoms with Gasteiger partial charge in [-0.1, -0.05) is 40.2 Å². The summed E-state index contributed by atoms with van der Waals surface area (Å²) in [5.41, 5.74) is 1.22. The van der Waals surface area contributed by atoms with Crippen molar-refractivity contribution in [2.75, 3.05) is 12.4 Å². The van der Waals surface area contributed by atoms with E-state index in [0.29, 0.717) is 6.54 Å². The SMILES string of the molecule is C[C@H](C(=O)Nc1ccccc1[N+](=O)[O-])[NH+](C)Cc1ccc(Br)cc1. The number of halogens is 1. The molecule has 6 nitrogen and oxygen atoms in total. The monoisotopic (exact) mass is 392 g/mol. The van der Waals surface area contributed by atoms with Crippen molar-refractivity contribution < 1.29 is 14.6 Å². The highest BCUT2D eigenvalue weighted by molar-refractivity contribution is 9.10. The van der Waals surface area contributed by atoms with Crippen molar-refractivity contribution >= 4 is 33.2 Å². The van der Waals surface area contributed by atoms with E-state index < -0.39 is 4.92 Å². The quantitative estimate of drug-likeness (QED) is 0.585. The molecule has 0 saturated heterocycles. The average molecular weight is 393 g/mol. The smallest absolute Gasteiger partial charge is 0.292 e. The maximum absolute atomic E-state index is 12.4. The molecular weight excluding hydrogens is 374 g/mol. The number of nitro benzene ring substituents is 1. The van der Waals surface area contributed by atoms with Crippen molar-refractivity contribution in [1.29, 1.82) is 0 Å². The molecule has 2 rings (SSSR count). The zero-order valence-corrected chi connectivity index (χ0v) is 15.0. The molecule has 2 aromatic carbocycles. The van der Waals surface area contributed by atoms with Crippen LogP contribution in [0.3, 0.4) is 0 Å². The topological polar surface area (TPSA) is 76.7 Å². The Labute approximate surface area is 148 Å². The third-order valence-electron chi connectivity index (χ3n) is 3.89. The Balaban J connectivity index is 2.04. The second-order valence-corrected chi connectivity index (χ2v) is 6.55. The van der Waals surface area contributed by atoms with Crippen LogP contribution < -0.4 is 10.2 Å². The summed E-state index contributed by atoms with van der Waals surface area (Å²) in [6, 6.07) is 13.7. The number of amides is 1. The molecule has 2 aromatic rings. The van der Waals surface area contributed by atoms with E-state index in [1.807, 2.05) is 31.3 Å². The van der Waals surface area contributed by atoms with Crippen LogP contribution in [-0.2, 0) is 11.3 Å². The standard InChI is InChI=1S/C17H18BrN3O3/c1-12(20(2)11-13-7-9-14(18)10-8-13)17(22)19-15-5-3-4-6-16(15)21(23)24/h3-10,12H,11H2,1-2H3,(H,19,22)/p+1/t12-/m1/s1. The van der Waals surface area contributed by atoms with Crippen LogP contribution in [0.25, 0.3) is 0 Å². The number of rotatable bonds is 6. The summed E-state index contributed by atoms with van der Waals surface area (Å²) < 4.78 is 1.01. The van der Waals surface area contributed by atoms with Crippen molar-refractivity contribution in [2.24, 2.45) is 0 Å². The maximum atomic E-state index is 12.4. The number of nitrogens with zero attached hydrogens (tertiary/aromatic N) is 1. The molecule has 126 valence electrons. The Morgan fingerprint density at radius 1 is 1.25 bits per heavy atom. The zero-order valence-electron chi connectivity index (χ0n) is 13.5. The van der Waals surface area contributed by atoms with Crippen molar-refractivity contribution in [3.63, 3.8) is 0 Å². The molecule has 0 aliphatic rings. The fraction of sp³-hybridized carbons (Fsp3) is 0.235. The number of anilines is 1. The van der Waals surface area contributed by atoms with Crippen LogP contribution in [0.15, 0.2) is 53.0 Å². The first kappa shape index (κ1) is 18.1. The third-order valence-corrected chi connectivity index (χ3v) is 4.42. The largest absolute Gasteiger partial charge is 0.324 e. The first-order valence-corrected chi connectivity index (χ1v) is 8.29. The molecule has 24 heavy (non-hydrogen) atoms. The Morgan fingerprint density at radius 2 is 1.88 bits per heavy atom. The van der Waals surface area contributed by atoms with Crippen LogP contribution in [0.1, 0.15) is 12.5 Å². The third kappa shape index (κ3) is 4.62. The summed E-state index contributed by atoms with van der Waals surface area (Å²) >= 11 is 3.39. The van der Waals surface area contributed by atoms with Gasteiger partial charge in [-0.3, -0.25) is 14.9 Å². The number of carbonyl (C=O) groups is 1. The van der Waals surface area contributed by atoms with Gasteiger partial charge in [0.15, 0.2) is 6.04 Å². The zero-order chi connectivity index (χ0) is 17.7. The van der Waals surface area contributed by atoms with Crippen LogP contribution in [0, 0.1) is 10.1 Å². The fourth-order valence-corrected chi connectivity index (χ4v) is 2.54. The normalized spacial score (nSPS) is 13.1. The van der Waals surface area contributed by atoms with Gasteiger partial charge in [-0.15, -0.1) is 0 Å². The van der Waals surface area contributed by atoms with Gasteiger partial charge in [-0.05, 0) is 25.1 Å². The second kappa shape index (κ2) is 8.03. The molecule has 0 spiro atoms. The highest BCUT2D eigenvalue weighted by Gasteiger charge is 2.24. The van der Waals surface area contributed by atoms with Gasteiger partial charge in [0, 0.05) is 16.1 Å². The number of quaternary nitrogens is 1. The van der Waals surface area contributed by atoms with Gasteiger partial charge in [0.05, 0.1) is 12.0 Å². The highest BCUT2D eigenvalue weighted by atomic mass is 79.9. The van der Waals surface area contributed by atoms with Crippen LogP contribution >= 0.6 is 15.9 Å². The van der Waals surface area contributed by atoms with Crippen LogP contribution in [0.5, 0.6) is 0 Å². The number of likely N-dealkylation sites (N-methyl/N-ethyl adjacent to an activating group) is 1. The van der Waals surface area contributed by atoms with Crippen LogP contribution in [-0.4, -0.2) is 23.9 Å². The van der Waals surface area contributed by atoms with Crippen molar-refractivity contribution in [3.05, 3.63) is 68.7 Å². The van der Waals surface area contributed by atoms with Crippen molar-refractivity contribution in [2.45, 2.75) is 19.5 Å². The summed E-state index contributed by atoms with van der Waals surface area (Å²) in [5.74, 6) is -0.251. The predicted molar refractivity (Wildman–Crippen MR) is 95.9 cm³/mol. The van der Waals surface area contributed by atoms with Gasteiger partial charge in [0.25, 0.3) is 11.6 Å². The molecule has 0 bridgehead atoms. The lowest BCUT2D eigenvalue weighted by atomic mass is 10.2. The Morgan fingerprint density at radius 3 is 2.50 bits per heavy atom. The Bertz CT molecular complexity index is 734. The van der Waals surface area contributed by atoms with E-state index in [0.717, 1.165) is 14.9 Å². The van der Waals surface area contributed by atoms with E-state index in [1.165, 1.54) is 12.1 Å². The fourth-order valence-electron chi connectivity index (χ4n) is 2.28. The van der Waals surface area contributed by atoms with Gasteiger partial charge in [-0.2, -0.15) is 0 Å². The van der Waals surface area contributed by atoms with Gasteiger partial charge in [0.2, 0.25) is 0 Å². The molecule has 7 heteroatoms. The van der Waals surface area contributed by atoms with Gasteiger partial charge in [-0.25, -0.2) is 0 Å². The van der Waals surface area contributed by atoms with Gasteiger partial charge < -0.3 is 10.2 Å². The molecule has 0 aliphatic heterocycles. The van der Waals surface area contributed by atoms with Crippen LogP contribution in [0.4, 0.5) is 11.4 Å². The molecule has 1 amide bonds. The molecule has 0 saturated carbocycles. The number of benzene rings is 2. The summed E-state index contributed by atoms with van der Waals surface area (Å²) in [7, 11) is 1.92. The molecule has 0 heterocycles. The number of nitrogens with one attached hydrogen (secondary N) is 2. The predicted octanol–water partition coefficient (Wildman–Crippen LogP) is 2.40. The first-order chi connectivity index (χ1) is 11.4. The highest BCUT2D eigenvalue weighted by Crippen LogP contribution is 2.23. The van der Waals surface area contributed by atoms with E-state index in [4.69, 9.17) is 0 Å². The summed E-state index contributed by atoms with van der Waals surface area (Å²) in [6.45, 7) is 2.48. The maximum Gasteiger partial charge on any atom is 0.292 e. The lowest BCUT2D eigenvalue weighted by molar-refractivity contribution is -0.907. The molecule has 1 unspecified atom stereocenters. The minimum Gasteiger partial charge on any atom is -0.324 e. The van der Waals surface area contributed by atoms with E-state index >= 15 is 0 Å². The van der Waals surface area contributed by atoms with Crippen LogP contribution in [0.2, 0.25) is 0 Å². The average Bonchev–Trinajstić information content (AvgIpc) is 2.56.